The zero-order chi connectivity index (χ0) is 9.90. The maximum Gasteiger partial charge on any atom is 0.146 e. The van der Waals surface area contributed by atoms with Crippen LogP contribution in [0.2, 0.25) is 0 Å². The van der Waals surface area contributed by atoms with Gasteiger partial charge in [0.1, 0.15) is 5.82 Å². The first kappa shape index (κ1) is 9.92. The quantitative estimate of drug-likeness (QED) is 0.742. The minimum Gasteiger partial charge on any atom is -0.357 e. The monoisotopic (exact) mass is 180 g/mol. The fourth-order valence-electron chi connectivity index (χ4n) is 1.18. The predicted molar refractivity (Wildman–Crippen MR) is 53.6 cm³/mol. The molecule has 4 nitrogen and oxygen atoms in total. The number of likely N-dealkylation sites (N-methyl/N-ethyl adjacent to an activating group) is 1. The fourth-order valence-corrected chi connectivity index (χ4v) is 1.18. The molecule has 0 saturated heterocycles. The summed E-state index contributed by atoms with van der Waals surface area (Å²) in [5, 5.41) is 0. The van der Waals surface area contributed by atoms with Crippen molar-refractivity contribution in [2.24, 2.45) is 5.73 Å². The second-order valence-electron chi connectivity index (χ2n) is 3.91. The van der Waals surface area contributed by atoms with Crippen LogP contribution in [0.15, 0.2) is 18.6 Å². The Labute approximate surface area is 78.8 Å². The van der Waals surface area contributed by atoms with Crippen LogP contribution < -0.4 is 10.6 Å². The maximum atomic E-state index is 5.88. The molecule has 72 valence electrons. The van der Waals surface area contributed by atoms with Crippen molar-refractivity contribution in [1.82, 2.24) is 9.97 Å². The third-order valence-corrected chi connectivity index (χ3v) is 1.59. The van der Waals surface area contributed by atoms with Crippen molar-refractivity contribution < 1.29 is 0 Å². The first-order chi connectivity index (χ1) is 5.99. The van der Waals surface area contributed by atoms with Gasteiger partial charge in [-0.05, 0) is 13.8 Å². The Morgan fingerprint density at radius 1 is 1.46 bits per heavy atom. The zero-order valence-corrected chi connectivity index (χ0v) is 8.36. The second kappa shape index (κ2) is 3.70. The molecule has 2 N–H and O–H groups in total. The van der Waals surface area contributed by atoms with Gasteiger partial charge in [-0.2, -0.15) is 0 Å². The van der Waals surface area contributed by atoms with E-state index in [1.165, 1.54) is 0 Å². The van der Waals surface area contributed by atoms with Gasteiger partial charge in [-0.3, -0.25) is 4.98 Å². The zero-order valence-electron chi connectivity index (χ0n) is 8.36. The van der Waals surface area contributed by atoms with Gasteiger partial charge in [-0.1, -0.05) is 0 Å². The summed E-state index contributed by atoms with van der Waals surface area (Å²) < 4.78 is 0. The molecule has 0 amide bonds. The lowest BCUT2D eigenvalue weighted by atomic mass is 10.1. The van der Waals surface area contributed by atoms with Crippen molar-refractivity contribution in [1.29, 1.82) is 0 Å². The Balaban J connectivity index is 2.64. The van der Waals surface area contributed by atoms with E-state index in [0.29, 0.717) is 0 Å². The summed E-state index contributed by atoms with van der Waals surface area (Å²) in [6.45, 7) is 4.73. The highest BCUT2D eigenvalue weighted by Gasteiger charge is 2.14. The number of nitrogens with zero attached hydrogens (tertiary/aromatic N) is 3. The van der Waals surface area contributed by atoms with Gasteiger partial charge in [0.25, 0.3) is 0 Å². The molecule has 0 fully saturated rings. The number of hydrogen-bond donors (Lipinski definition) is 1. The highest BCUT2D eigenvalue weighted by atomic mass is 15.2. The molecule has 0 bridgehead atoms. The Hall–Kier alpha value is -1.16. The van der Waals surface area contributed by atoms with E-state index in [4.69, 9.17) is 5.73 Å². The minimum absolute atomic E-state index is 0.216. The Kier molecular flexibility index (Phi) is 2.83. The molecule has 0 aromatic carbocycles. The number of anilines is 1. The van der Waals surface area contributed by atoms with Crippen LogP contribution in [-0.2, 0) is 0 Å². The van der Waals surface area contributed by atoms with E-state index in [-0.39, 0.29) is 5.54 Å². The molecule has 0 aliphatic heterocycles. The molecule has 1 aromatic rings. The fraction of sp³-hybridized carbons (Fsp3) is 0.556. The maximum absolute atomic E-state index is 5.88. The summed E-state index contributed by atoms with van der Waals surface area (Å²) in [7, 11) is 1.96. The largest absolute Gasteiger partial charge is 0.357 e. The third kappa shape index (κ3) is 3.38. The molecule has 1 aromatic heterocycles. The van der Waals surface area contributed by atoms with E-state index in [1.807, 2.05) is 25.8 Å². The summed E-state index contributed by atoms with van der Waals surface area (Å²) in [5.41, 5.74) is 5.67. The van der Waals surface area contributed by atoms with E-state index in [0.717, 1.165) is 12.4 Å². The van der Waals surface area contributed by atoms with Crippen molar-refractivity contribution >= 4 is 5.82 Å². The Morgan fingerprint density at radius 2 is 2.15 bits per heavy atom. The van der Waals surface area contributed by atoms with E-state index in [9.17, 15) is 0 Å². The minimum atomic E-state index is -0.216. The van der Waals surface area contributed by atoms with Gasteiger partial charge >= 0.3 is 0 Å². The van der Waals surface area contributed by atoms with E-state index in [1.54, 1.807) is 18.6 Å². The molecule has 0 aliphatic carbocycles. The lowest BCUT2D eigenvalue weighted by Gasteiger charge is -2.26. The summed E-state index contributed by atoms with van der Waals surface area (Å²) in [4.78, 5) is 10.2. The van der Waals surface area contributed by atoms with Crippen molar-refractivity contribution in [3.8, 4) is 0 Å². The van der Waals surface area contributed by atoms with Gasteiger partial charge < -0.3 is 10.6 Å². The van der Waals surface area contributed by atoms with Crippen molar-refractivity contribution in [2.45, 2.75) is 19.4 Å². The average molecular weight is 180 g/mol. The molecule has 0 spiro atoms. The Bertz CT molecular complexity index is 252. The molecule has 0 aliphatic rings. The van der Waals surface area contributed by atoms with Crippen molar-refractivity contribution in [3.63, 3.8) is 0 Å². The predicted octanol–water partition coefficient (Wildman–Crippen LogP) is 0.650. The lowest BCUT2D eigenvalue weighted by molar-refractivity contribution is 0.517. The highest BCUT2D eigenvalue weighted by Crippen LogP contribution is 2.08. The SMILES string of the molecule is CN(CC(C)(C)N)c1cnccn1. The van der Waals surface area contributed by atoms with Crippen molar-refractivity contribution in [2.75, 3.05) is 18.5 Å². The standard InChI is InChI=1S/C9H16N4/c1-9(2,10)7-13(3)8-6-11-4-5-12-8/h4-6H,7,10H2,1-3H3. The van der Waals surface area contributed by atoms with Crippen LogP contribution in [0.5, 0.6) is 0 Å². The van der Waals surface area contributed by atoms with Gasteiger partial charge in [-0.25, -0.2) is 4.98 Å². The van der Waals surface area contributed by atoms with E-state index >= 15 is 0 Å². The van der Waals surface area contributed by atoms with Gasteiger partial charge in [0.05, 0.1) is 6.20 Å². The van der Waals surface area contributed by atoms with E-state index in [2.05, 4.69) is 9.97 Å². The summed E-state index contributed by atoms with van der Waals surface area (Å²) in [5.74, 6) is 0.848. The van der Waals surface area contributed by atoms with Gasteiger partial charge in [0.2, 0.25) is 0 Å². The summed E-state index contributed by atoms with van der Waals surface area (Å²) in [6, 6.07) is 0. The van der Waals surface area contributed by atoms with Crippen LogP contribution in [0, 0.1) is 0 Å². The van der Waals surface area contributed by atoms with Crippen LogP contribution in [-0.4, -0.2) is 29.1 Å². The van der Waals surface area contributed by atoms with Crippen LogP contribution >= 0.6 is 0 Å². The molecular weight excluding hydrogens is 164 g/mol. The first-order valence-electron chi connectivity index (χ1n) is 4.25. The van der Waals surface area contributed by atoms with Crippen LogP contribution in [0.3, 0.4) is 0 Å². The number of rotatable bonds is 3. The molecule has 1 heterocycles. The van der Waals surface area contributed by atoms with Gasteiger partial charge in [-0.15, -0.1) is 0 Å². The molecule has 1 rings (SSSR count). The van der Waals surface area contributed by atoms with Crippen molar-refractivity contribution in [3.05, 3.63) is 18.6 Å². The normalized spacial score (nSPS) is 11.4. The second-order valence-corrected chi connectivity index (χ2v) is 3.91. The Morgan fingerprint density at radius 3 is 2.62 bits per heavy atom. The van der Waals surface area contributed by atoms with Gasteiger partial charge in [0.15, 0.2) is 0 Å². The average Bonchev–Trinajstić information content (AvgIpc) is 2.03. The number of aromatic nitrogens is 2. The number of nitrogens with two attached hydrogens (primary N) is 1. The van der Waals surface area contributed by atoms with Gasteiger partial charge in [0, 0.05) is 31.5 Å². The third-order valence-electron chi connectivity index (χ3n) is 1.59. The van der Waals surface area contributed by atoms with Crippen LogP contribution in [0.4, 0.5) is 5.82 Å². The smallest absolute Gasteiger partial charge is 0.146 e. The first-order valence-corrected chi connectivity index (χ1v) is 4.25. The summed E-state index contributed by atoms with van der Waals surface area (Å²) >= 11 is 0. The molecular formula is C9H16N4. The molecule has 0 atom stereocenters. The van der Waals surface area contributed by atoms with Crippen LogP contribution in [0.1, 0.15) is 13.8 Å². The molecule has 13 heavy (non-hydrogen) atoms. The topological polar surface area (TPSA) is 55.0 Å². The van der Waals surface area contributed by atoms with Crippen LogP contribution in [0.25, 0.3) is 0 Å². The molecule has 0 radical (unpaired) electrons. The summed E-state index contributed by atoms with van der Waals surface area (Å²) in [6.07, 6.45) is 5.06. The lowest BCUT2D eigenvalue weighted by Crippen LogP contribution is -2.44. The number of hydrogen-bond acceptors (Lipinski definition) is 4. The highest BCUT2D eigenvalue weighted by molar-refractivity contribution is 5.34. The molecule has 0 saturated carbocycles. The van der Waals surface area contributed by atoms with E-state index < -0.39 is 0 Å². The molecule has 4 heteroatoms. The molecule has 0 unspecified atom stereocenters.